The summed E-state index contributed by atoms with van der Waals surface area (Å²) in [6.45, 7) is 2.20. The van der Waals surface area contributed by atoms with Crippen LogP contribution >= 0.6 is 0 Å². The Morgan fingerprint density at radius 1 is 1.43 bits per heavy atom. The second kappa shape index (κ2) is 7.82. The van der Waals surface area contributed by atoms with E-state index in [0.717, 1.165) is 11.4 Å². The number of nitrogens with zero attached hydrogens (tertiary/aromatic N) is 1. The topological polar surface area (TPSA) is 90.9 Å². The van der Waals surface area contributed by atoms with Crippen molar-refractivity contribution >= 4 is 17.6 Å². The number of ether oxygens (including phenoxy) is 1. The molecule has 1 fully saturated rings. The molecule has 2 rings (SSSR count). The van der Waals surface area contributed by atoms with Gasteiger partial charge in [-0.1, -0.05) is 6.92 Å². The highest BCUT2D eigenvalue weighted by molar-refractivity contribution is 5.96. The SMILES string of the molecule is CCC(CO)NC(=O)NC1CC(=O)N(c2ccc(OC)cc2)C1. The molecule has 1 aromatic carbocycles. The number of nitrogens with one attached hydrogen (secondary N) is 2. The third kappa shape index (κ3) is 4.35. The number of aliphatic hydroxyl groups excluding tert-OH is 1. The van der Waals surface area contributed by atoms with Gasteiger partial charge in [0.15, 0.2) is 0 Å². The van der Waals surface area contributed by atoms with Crippen molar-refractivity contribution in [2.75, 3.05) is 25.2 Å². The Morgan fingerprint density at radius 2 is 2.13 bits per heavy atom. The molecule has 0 aromatic heterocycles. The number of urea groups is 1. The third-order valence-corrected chi connectivity index (χ3v) is 3.89. The molecule has 23 heavy (non-hydrogen) atoms. The Morgan fingerprint density at radius 3 is 2.70 bits per heavy atom. The Bertz CT molecular complexity index is 543. The summed E-state index contributed by atoms with van der Waals surface area (Å²) in [5, 5.41) is 14.6. The molecule has 1 aliphatic rings. The van der Waals surface area contributed by atoms with Crippen LogP contribution in [0.3, 0.4) is 0 Å². The number of anilines is 1. The van der Waals surface area contributed by atoms with Crippen LogP contribution in [0.1, 0.15) is 19.8 Å². The lowest BCUT2D eigenvalue weighted by Crippen LogP contribution is -2.48. The van der Waals surface area contributed by atoms with E-state index in [-0.39, 0.29) is 37.0 Å². The van der Waals surface area contributed by atoms with Crippen LogP contribution in [0.4, 0.5) is 10.5 Å². The lowest BCUT2D eigenvalue weighted by molar-refractivity contribution is -0.117. The second-order valence-electron chi connectivity index (χ2n) is 5.51. The van der Waals surface area contributed by atoms with Crippen LogP contribution in [0.25, 0.3) is 0 Å². The second-order valence-corrected chi connectivity index (χ2v) is 5.51. The number of hydrogen-bond acceptors (Lipinski definition) is 4. The summed E-state index contributed by atoms with van der Waals surface area (Å²) in [7, 11) is 1.59. The van der Waals surface area contributed by atoms with Crippen molar-refractivity contribution < 1.29 is 19.4 Å². The summed E-state index contributed by atoms with van der Waals surface area (Å²) in [6.07, 6.45) is 0.904. The van der Waals surface area contributed by atoms with E-state index in [1.54, 1.807) is 24.1 Å². The molecule has 0 radical (unpaired) electrons. The van der Waals surface area contributed by atoms with E-state index in [4.69, 9.17) is 9.84 Å². The first kappa shape index (κ1) is 17.1. The number of carbonyl (C=O) groups excluding carboxylic acids is 2. The summed E-state index contributed by atoms with van der Waals surface area (Å²) in [6, 6.07) is 6.34. The molecule has 1 saturated heterocycles. The van der Waals surface area contributed by atoms with Gasteiger partial charge in [0.2, 0.25) is 5.91 Å². The molecule has 2 unspecified atom stereocenters. The molecule has 3 N–H and O–H groups in total. The molecule has 3 amide bonds. The monoisotopic (exact) mass is 321 g/mol. The van der Waals surface area contributed by atoms with E-state index in [2.05, 4.69) is 10.6 Å². The lowest BCUT2D eigenvalue weighted by Gasteiger charge is -2.19. The molecular formula is C16H23N3O4. The van der Waals surface area contributed by atoms with Crippen LogP contribution in [0, 0.1) is 0 Å². The van der Waals surface area contributed by atoms with E-state index in [1.807, 2.05) is 19.1 Å². The Balaban J connectivity index is 1.92. The first-order valence-corrected chi connectivity index (χ1v) is 7.69. The maximum absolute atomic E-state index is 12.1. The van der Waals surface area contributed by atoms with E-state index in [9.17, 15) is 9.59 Å². The minimum absolute atomic E-state index is 0.0327. The normalized spacial score (nSPS) is 18.7. The largest absolute Gasteiger partial charge is 0.497 e. The van der Waals surface area contributed by atoms with E-state index in [0.29, 0.717) is 13.0 Å². The van der Waals surface area contributed by atoms with E-state index >= 15 is 0 Å². The van der Waals surface area contributed by atoms with Gasteiger partial charge in [0.1, 0.15) is 5.75 Å². The summed E-state index contributed by atoms with van der Waals surface area (Å²) in [5.41, 5.74) is 0.780. The highest BCUT2D eigenvalue weighted by atomic mass is 16.5. The van der Waals surface area contributed by atoms with Gasteiger partial charge in [0.25, 0.3) is 0 Å². The fourth-order valence-corrected chi connectivity index (χ4v) is 2.51. The van der Waals surface area contributed by atoms with Crippen LogP contribution in [-0.2, 0) is 4.79 Å². The van der Waals surface area contributed by atoms with Gasteiger partial charge in [-0.05, 0) is 30.7 Å². The van der Waals surface area contributed by atoms with Crippen molar-refractivity contribution in [1.82, 2.24) is 10.6 Å². The molecule has 1 aliphatic heterocycles. The molecule has 0 spiro atoms. The molecule has 0 aliphatic carbocycles. The standard InChI is InChI=1S/C16H23N3O4/c1-3-11(10-20)17-16(22)18-12-8-15(21)19(9-12)13-4-6-14(23-2)7-5-13/h4-7,11-12,20H,3,8-10H2,1-2H3,(H2,17,18,22). The van der Waals surface area contributed by atoms with Gasteiger partial charge >= 0.3 is 6.03 Å². The summed E-state index contributed by atoms with van der Waals surface area (Å²) in [5.74, 6) is 0.693. The summed E-state index contributed by atoms with van der Waals surface area (Å²) in [4.78, 5) is 25.7. The average molecular weight is 321 g/mol. The van der Waals surface area contributed by atoms with E-state index < -0.39 is 0 Å². The molecule has 126 valence electrons. The molecule has 1 aromatic rings. The Labute approximate surface area is 135 Å². The van der Waals surface area contributed by atoms with Crippen LogP contribution < -0.4 is 20.3 Å². The van der Waals surface area contributed by atoms with Crippen molar-refractivity contribution in [3.05, 3.63) is 24.3 Å². The highest BCUT2D eigenvalue weighted by Crippen LogP contribution is 2.24. The van der Waals surface area contributed by atoms with Crippen LogP contribution in [0.15, 0.2) is 24.3 Å². The molecule has 2 atom stereocenters. The van der Waals surface area contributed by atoms with Gasteiger partial charge in [-0.15, -0.1) is 0 Å². The van der Waals surface area contributed by atoms with Gasteiger partial charge in [-0.25, -0.2) is 4.79 Å². The number of rotatable bonds is 6. The zero-order valence-electron chi connectivity index (χ0n) is 13.4. The first-order chi connectivity index (χ1) is 11.1. The Kier molecular flexibility index (Phi) is 5.81. The van der Waals surface area contributed by atoms with Crippen molar-refractivity contribution in [1.29, 1.82) is 0 Å². The van der Waals surface area contributed by atoms with Gasteiger partial charge in [0, 0.05) is 18.7 Å². The lowest BCUT2D eigenvalue weighted by atomic mass is 10.2. The van der Waals surface area contributed by atoms with Crippen molar-refractivity contribution in [3.8, 4) is 5.75 Å². The molecule has 7 nitrogen and oxygen atoms in total. The minimum atomic E-state index is -0.361. The minimum Gasteiger partial charge on any atom is -0.497 e. The zero-order valence-corrected chi connectivity index (χ0v) is 13.4. The Hall–Kier alpha value is -2.28. The smallest absolute Gasteiger partial charge is 0.315 e. The predicted molar refractivity (Wildman–Crippen MR) is 86.6 cm³/mol. The molecule has 1 heterocycles. The van der Waals surface area contributed by atoms with Crippen molar-refractivity contribution in [2.24, 2.45) is 0 Å². The van der Waals surface area contributed by atoms with Crippen LogP contribution in [0.5, 0.6) is 5.75 Å². The van der Waals surface area contributed by atoms with Gasteiger partial charge < -0.3 is 25.4 Å². The molecular weight excluding hydrogens is 298 g/mol. The maximum Gasteiger partial charge on any atom is 0.315 e. The average Bonchev–Trinajstić information content (AvgIpc) is 2.92. The fraction of sp³-hybridized carbons (Fsp3) is 0.500. The first-order valence-electron chi connectivity index (χ1n) is 7.69. The summed E-state index contributed by atoms with van der Waals surface area (Å²) < 4.78 is 5.10. The van der Waals surface area contributed by atoms with E-state index in [1.165, 1.54) is 0 Å². The quantitative estimate of drug-likeness (QED) is 0.725. The summed E-state index contributed by atoms with van der Waals surface area (Å²) >= 11 is 0. The maximum atomic E-state index is 12.1. The predicted octanol–water partition coefficient (Wildman–Crippen LogP) is 0.871. The number of benzene rings is 1. The van der Waals surface area contributed by atoms with Crippen molar-refractivity contribution in [2.45, 2.75) is 31.8 Å². The van der Waals surface area contributed by atoms with Gasteiger partial charge in [-0.2, -0.15) is 0 Å². The van der Waals surface area contributed by atoms with Gasteiger partial charge in [-0.3, -0.25) is 4.79 Å². The molecule has 0 saturated carbocycles. The number of methoxy groups -OCH3 is 1. The van der Waals surface area contributed by atoms with Crippen molar-refractivity contribution in [3.63, 3.8) is 0 Å². The van der Waals surface area contributed by atoms with Crippen LogP contribution in [-0.4, -0.2) is 49.4 Å². The van der Waals surface area contributed by atoms with Gasteiger partial charge in [0.05, 0.1) is 25.8 Å². The number of aliphatic hydroxyl groups is 1. The zero-order chi connectivity index (χ0) is 16.8. The number of hydrogen-bond donors (Lipinski definition) is 3. The fourth-order valence-electron chi connectivity index (χ4n) is 2.51. The molecule has 7 heteroatoms. The third-order valence-electron chi connectivity index (χ3n) is 3.89. The van der Waals surface area contributed by atoms with Crippen LogP contribution in [0.2, 0.25) is 0 Å². The highest BCUT2D eigenvalue weighted by Gasteiger charge is 2.31. The number of amides is 3. The number of carbonyl (C=O) groups is 2. The molecule has 0 bridgehead atoms.